The lowest BCUT2D eigenvalue weighted by molar-refractivity contribution is -0.129. The molecule has 1 N–H and O–H groups in total. The van der Waals surface area contributed by atoms with Crippen LogP contribution in [0.2, 0.25) is 0 Å². The summed E-state index contributed by atoms with van der Waals surface area (Å²) in [5.41, 5.74) is 0. The molecule has 0 unspecified atom stereocenters. The molecule has 0 aromatic carbocycles. The van der Waals surface area contributed by atoms with Crippen LogP contribution in [0, 0.1) is 5.92 Å². The Hall–Kier alpha value is -0.770. The standard InChI is InChI=1S/C12H21ClN2O2/c1-2-3-7-15-9-10(8-11(15)16)12(17)14-6-4-5-13/h10H,2-9H2,1H3,(H,14,17)/t10-/m0/s1. The lowest BCUT2D eigenvalue weighted by atomic mass is 10.1. The van der Waals surface area contributed by atoms with Gasteiger partial charge in [-0.3, -0.25) is 9.59 Å². The Kier molecular flexibility index (Phi) is 6.34. The van der Waals surface area contributed by atoms with Crippen molar-refractivity contribution in [3.63, 3.8) is 0 Å². The average Bonchev–Trinajstić information content (AvgIpc) is 2.68. The van der Waals surface area contributed by atoms with Crippen molar-refractivity contribution in [2.24, 2.45) is 5.92 Å². The molecule has 98 valence electrons. The highest BCUT2D eigenvalue weighted by molar-refractivity contribution is 6.17. The second-order valence-electron chi connectivity index (χ2n) is 4.43. The van der Waals surface area contributed by atoms with Gasteiger partial charge in [0.1, 0.15) is 0 Å². The molecule has 1 fully saturated rings. The van der Waals surface area contributed by atoms with Gasteiger partial charge in [0.15, 0.2) is 0 Å². The van der Waals surface area contributed by atoms with E-state index in [1.54, 1.807) is 4.90 Å². The van der Waals surface area contributed by atoms with E-state index < -0.39 is 0 Å². The summed E-state index contributed by atoms with van der Waals surface area (Å²) in [4.78, 5) is 25.2. The lowest BCUT2D eigenvalue weighted by Gasteiger charge is -2.15. The van der Waals surface area contributed by atoms with Gasteiger partial charge in [-0.2, -0.15) is 0 Å². The van der Waals surface area contributed by atoms with Gasteiger partial charge in [-0.15, -0.1) is 11.6 Å². The summed E-state index contributed by atoms with van der Waals surface area (Å²) >= 11 is 5.53. The van der Waals surface area contributed by atoms with Gasteiger partial charge in [-0.1, -0.05) is 13.3 Å². The molecule has 0 aromatic heterocycles. The van der Waals surface area contributed by atoms with E-state index in [9.17, 15) is 9.59 Å². The summed E-state index contributed by atoms with van der Waals surface area (Å²) in [6.07, 6.45) is 3.20. The minimum atomic E-state index is -0.172. The second kappa shape index (κ2) is 7.54. The van der Waals surface area contributed by atoms with Crippen molar-refractivity contribution in [1.82, 2.24) is 10.2 Å². The normalized spacial score (nSPS) is 19.8. The van der Waals surface area contributed by atoms with Crippen molar-refractivity contribution in [2.75, 3.05) is 25.5 Å². The van der Waals surface area contributed by atoms with Gasteiger partial charge in [-0.25, -0.2) is 0 Å². The van der Waals surface area contributed by atoms with E-state index >= 15 is 0 Å². The van der Waals surface area contributed by atoms with E-state index in [1.165, 1.54) is 0 Å². The van der Waals surface area contributed by atoms with E-state index in [0.717, 1.165) is 25.8 Å². The number of nitrogens with zero attached hydrogens (tertiary/aromatic N) is 1. The van der Waals surface area contributed by atoms with E-state index in [4.69, 9.17) is 11.6 Å². The molecule has 1 saturated heterocycles. The van der Waals surface area contributed by atoms with Gasteiger partial charge in [0.25, 0.3) is 0 Å². The molecule has 0 spiro atoms. The Morgan fingerprint density at radius 2 is 2.29 bits per heavy atom. The Bertz CT molecular complexity index is 271. The molecule has 1 aliphatic rings. The van der Waals surface area contributed by atoms with E-state index in [-0.39, 0.29) is 17.7 Å². The van der Waals surface area contributed by atoms with Gasteiger partial charge in [0.2, 0.25) is 11.8 Å². The molecule has 1 rings (SSSR count). The summed E-state index contributed by atoms with van der Waals surface area (Å²) in [5, 5.41) is 2.82. The van der Waals surface area contributed by atoms with Crippen LogP contribution in [0.3, 0.4) is 0 Å². The number of hydrogen-bond acceptors (Lipinski definition) is 2. The predicted molar refractivity (Wildman–Crippen MR) is 67.9 cm³/mol. The van der Waals surface area contributed by atoms with Crippen LogP contribution in [0.5, 0.6) is 0 Å². The molecule has 17 heavy (non-hydrogen) atoms. The van der Waals surface area contributed by atoms with Crippen LogP contribution in [0.1, 0.15) is 32.6 Å². The summed E-state index contributed by atoms with van der Waals surface area (Å²) in [6.45, 7) is 4.05. The molecule has 2 amide bonds. The molecule has 0 saturated carbocycles. The minimum absolute atomic E-state index is 0.0116. The highest BCUT2D eigenvalue weighted by Crippen LogP contribution is 2.18. The number of amides is 2. The Morgan fingerprint density at radius 3 is 2.94 bits per heavy atom. The van der Waals surface area contributed by atoms with Crippen molar-refractivity contribution in [1.29, 1.82) is 0 Å². The summed E-state index contributed by atoms with van der Waals surface area (Å²) < 4.78 is 0. The number of alkyl halides is 1. The summed E-state index contributed by atoms with van der Waals surface area (Å²) in [6, 6.07) is 0. The van der Waals surface area contributed by atoms with Crippen LogP contribution in [0.15, 0.2) is 0 Å². The first kappa shape index (κ1) is 14.3. The van der Waals surface area contributed by atoms with Crippen LogP contribution in [-0.2, 0) is 9.59 Å². The van der Waals surface area contributed by atoms with Crippen molar-refractivity contribution in [3.8, 4) is 0 Å². The fourth-order valence-electron chi connectivity index (χ4n) is 1.94. The van der Waals surface area contributed by atoms with E-state index in [2.05, 4.69) is 12.2 Å². The zero-order chi connectivity index (χ0) is 12.7. The molecule has 1 aliphatic heterocycles. The summed E-state index contributed by atoms with van der Waals surface area (Å²) in [5.74, 6) is 0.472. The van der Waals surface area contributed by atoms with Crippen molar-refractivity contribution in [3.05, 3.63) is 0 Å². The topological polar surface area (TPSA) is 49.4 Å². The van der Waals surface area contributed by atoms with E-state index in [1.807, 2.05) is 0 Å². The Morgan fingerprint density at radius 1 is 1.53 bits per heavy atom. The van der Waals surface area contributed by atoms with Crippen molar-refractivity contribution >= 4 is 23.4 Å². The Labute approximate surface area is 108 Å². The molecule has 1 heterocycles. The smallest absolute Gasteiger partial charge is 0.225 e. The maximum Gasteiger partial charge on any atom is 0.225 e. The predicted octanol–water partition coefficient (Wildman–Crippen LogP) is 1.38. The van der Waals surface area contributed by atoms with Gasteiger partial charge in [-0.05, 0) is 12.8 Å². The maximum atomic E-state index is 11.8. The molecular weight excluding hydrogens is 240 g/mol. The fourth-order valence-corrected chi connectivity index (χ4v) is 2.07. The van der Waals surface area contributed by atoms with Crippen molar-refractivity contribution in [2.45, 2.75) is 32.6 Å². The maximum absolute atomic E-state index is 11.8. The fraction of sp³-hybridized carbons (Fsp3) is 0.833. The first-order valence-corrected chi connectivity index (χ1v) is 6.84. The third-order valence-electron chi connectivity index (χ3n) is 2.98. The zero-order valence-corrected chi connectivity index (χ0v) is 11.1. The van der Waals surface area contributed by atoms with Crippen LogP contribution < -0.4 is 5.32 Å². The molecule has 0 aliphatic carbocycles. The summed E-state index contributed by atoms with van der Waals surface area (Å²) in [7, 11) is 0. The number of carbonyl (C=O) groups is 2. The van der Waals surface area contributed by atoms with Gasteiger partial charge < -0.3 is 10.2 Å². The molecule has 0 radical (unpaired) electrons. The molecule has 0 bridgehead atoms. The third kappa shape index (κ3) is 4.54. The number of halogens is 1. The Balaban J connectivity index is 2.31. The van der Waals surface area contributed by atoms with Crippen LogP contribution >= 0.6 is 11.6 Å². The second-order valence-corrected chi connectivity index (χ2v) is 4.81. The molecular formula is C12H21ClN2O2. The van der Waals surface area contributed by atoms with E-state index in [0.29, 0.717) is 25.4 Å². The monoisotopic (exact) mass is 260 g/mol. The number of likely N-dealkylation sites (tertiary alicyclic amines) is 1. The first-order chi connectivity index (χ1) is 8.19. The van der Waals surface area contributed by atoms with Gasteiger partial charge in [0, 0.05) is 31.9 Å². The third-order valence-corrected chi connectivity index (χ3v) is 3.24. The molecule has 5 heteroatoms. The highest BCUT2D eigenvalue weighted by Gasteiger charge is 2.33. The van der Waals surface area contributed by atoms with Crippen molar-refractivity contribution < 1.29 is 9.59 Å². The number of rotatable bonds is 7. The largest absolute Gasteiger partial charge is 0.356 e. The lowest BCUT2D eigenvalue weighted by Crippen LogP contribution is -2.33. The number of hydrogen-bond donors (Lipinski definition) is 1. The first-order valence-electron chi connectivity index (χ1n) is 6.30. The zero-order valence-electron chi connectivity index (χ0n) is 10.4. The van der Waals surface area contributed by atoms with Gasteiger partial charge >= 0.3 is 0 Å². The molecule has 1 atom stereocenters. The highest BCUT2D eigenvalue weighted by atomic mass is 35.5. The minimum Gasteiger partial charge on any atom is -0.356 e. The number of carbonyl (C=O) groups excluding carboxylic acids is 2. The van der Waals surface area contributed by atoms with Crippen LogP contribution in [0.4, 0.5) is 0 Å². The van der Waals surface area contributed by atoms with Gasteiger partial charge in [0.05, 0.1) is 5.92 Å². The molecule has 4 nitrogen and oxygen atoms in total. The van der Waals surface area contributed by atoms with Crippen LogP contribution in [-0.4, -0.2) is 42.2 Å². The number of nitrogens with one attached hydrogen (secondary N) is 1. The molecule has 0 aromatic rings. The quantitative estimate of drug-likeness (QED) is 0.555. The van der Waals surface area contributed by atoms with Crippen LogP contribution in [0.25, 0.3) is 0 Å². The average molecular weight is 261 g/mol. The number of unbranched alkanes of at least 4 members (excludes halogenated alkanes) is 1. The SMILES string of the molecule is CCCCN1C[C@@H](C(=O)NCCCCl)CC1=O.